The molecule has 2 N–H and O–H groups in total. The number of amidine groups is 1. The third-order valence-corrected chi connectivity index (χ3v) is 8.31. The first-order valence-corrected chi connectivity index (χ1v) is 14.1. The van der Waals surface area contributed by atoms with Crippen molar-refractivity contribution in [2.75, 3.05) is 23.0 Å². The van der Waals surface area contributed by atoms with Crippen LogP contribution in [0.1, 0.15) is 29.5 Å². The highest BCUT2D eigenvalue weighted by Crippen LogP contribution is 2.52. The molecular weight excluding hydrogens is 538 g/mol. The molecular formula is C32H28ClN5O3. The number of hydrazone groups is 1. The average molecular weight is 566 g/mol. The Balaban J connectivity index is 1.55. The van der Waals surface area contributed by atoms with Crippen LogP contribution in [0.2, 0.25) is 5.02 Å². The fourth-order valence-electron chi connectivity index (χ4n) is 5.97. The minimum Gasteiger partial charge on any atom is -0.595 e. The number of fused-ring (bicyclic) bond motifs is 3. The molecule has 2 atom stereocenters. The summed E-state index contributed by atoms with van der Waals surface area (Å²) in [5.74, 6) is 1.11. The number of nitrogens with zero attached hydrogens (tertiary/aromatic N) is 4. The molecule has 8 nitrogen and oxygen atoms in total. The van der Waals surface area contributed by atoms with Crippen molar-refractivity contribution >= 4 is 40.4 Å². The number of halogens is 1. The van der Waals surface area contributed by atoms with Gasteiger partial charge in [0, 0.05) is 40.4 Å². The second kappa shape index (κ2) is 10.0. The molecule has 0 bridgehead atoms. The number of benzene rings is 4. The van der Waals surface area contributed by atoms with Crippen LogP contribution in [0, 0.1) is 11.1 Å². The number of anilines is 2. The smallest absolute Gasteiger partial charge is 0.246 e. The Morgan fingerprint density at radius 1 is 0.951 bits per heavy atom. The quantitative estimate of drug-likeness (QED) is 0.325. The molecule has 206 valence electrons. The molecule has 2 aliphatic heterocycles. The maximum atomic E-state index is 14.2. The zero-order chi connectivity index (χ0) is 28.1. The van der Waals surface area contributed by atoms with Crippen molar-refractivity contribution in [2.24, 2.45) is 11.0 Å². The van der Waals surface area contributed by atoms with E-state index in [1.165, 1.54) is 0 Å². The Labute approximate surface area is 242 Å². The van der Waals surface area contributed by atoms with Gasteiger partial charge < -0.3 is 15.0 Å². The van der Waals surface area contributed by atoms with E-state index in [-0.39, 0.29) is 18.1 Å². The largest absolute Gasteiger partial charge is 0.595 e. The first-order valence-electron chi connectivity index (χ1n) is 13.7. The molecule has 0 aromatic heterocycles. The number of nitrogens with one attached hydrogen (secondary N) is 1. The number of quaternary nitrogens is 1. The highest BCUT2D eigenvalue weighted by Gasteiger charge is 2.56. The van der Waals surface area contributed by atoms with Crippen molar-refractivity contribution in [3.05, 3.63) is 130 Å². The molecule has 1 aliphatic carbocycles. The van der Waals surface area contributed by atoms with Crippen LogP contribution in [0.3, 0.4) is 0 Å². The van der Waals surface area contributed by atoms with Gasteiger partial charge in [0.1, 0.15) is 6.54 Å². The Hall–Kier alpha value is -4.21. The van der Waals surface area contributed by atoms with E-state index in [9.17, 15) is 15.2 Å². The summed E-state index contributed by atoms with van der Waals surface area (Å²) in [6.45, 7) is 0.739. The van der Waals surface area contributed by atoms with Crippen LogP contribution in [0.15, 0.2) is 108 Å². The van der Waals surface area contributed by atoms with Crippen molar-refractivity contribution in [2.45, 2.75) is 18.5 Å². The SMILES string of the molecule is O=C1CN2C(c3ccccc3)=NN(c3ccc([NH+]([O-])O)cc3)C2(c2ccccc2)c2cc(Cl)ccc2N1CC1CC1. The zero-order valence-electron chi connectivity index (χ0n) is 22.2. The number of hydrogen-bond acceptors (Lipinski definition) is 6. The lowest BCUT2D eigenvalue weighted by atomic mass is 9.87. The van der Waals surface area contributed by atoms with E-state index < -0.39 is 10.9 Å². The van der Waals surface area contributed by atoms with Gasteiger partial charge in [-0.2, -0.15) is 10.3 Å². The van der Waals surface area contributed by atoms with Crippen LogP contribution < -0.4 is 15.1 Å². The Kier molecular flexibility index (Phi) is 6.28. The van der Waals surface area contributed by atoms with Gasteiger partial charge in [-0.3, -0.25) is 4.79 Å². The molecule has 1 amide bonds. The van der Waals surface area contributed by atoms with Gasteiger partial charge in [-0.05, 0) is 49.1 Å². The molecule has 7 rings (SSSR count). The highest BCUT2D eigenvalue weighted by molar-refractivity contribution is 6.30. The molecule has 4 aromatic carbocycles. The van der Waals surface area contributed by atoms with E-state index in [1.54, 1.807) is 24.3 Å². The van der Waals surface area contributed by atoms with Gasteiger partial charge in [0.15, 0.2) is 17.2 Å². The summed E-state index contributed by atoms with van der Waals surface area (Å²) in [5.41, 5.74) is 3.18. The van der Waals surface area contributed by atoms with E-state index in [4.69, 9.17) is 16.7 Å². The van der Waals surface area contributed by atoms with Crippen LogP contribution in [0.5, 0.6) is 0 Å². The summed E-state index contributed by atoms with van der Waals surface area (Å²) in [5, 5.41) is 27.9. The fraction of sp³-hybridized carbons (Fsp3) is 0.188. The Morgan fingerprint density at radius 3 is 2.29 bits per heavy atom. The van der Waals surface area contributed by atoms with E-state index in [0.717, 1.165) is 35.2 Å². The first-order chi connectivity index (χ1) is 20.0. The lowest BCUT2D eigenvalue weighted by Gasteiger charge is -2.44. The lowest BCUT2D eigenvalue weighted by molar-refractivity contribution is -0.991. The topological polar surface area (TPSA) is 86.9 Å². The number of hydrogen-bond donors (Lipinski definition) is 2. The maximum Gasteiger partial charge on any atom is 0.246 e. The zero-order valence-corrected chi connectivity index (χ0v) is 22.9. The maximum absolute atomic E-state index is 14.2. The van der Waals surface area contributed by atoms with Gasteiger partial charge >= 0.3 is 0 Å². The van der Waals surface area contributed by atoms with Gasteiger partial charge in [-0.15, -0.1) is 0 Å². The molecule has 1 saturated carbocycles. The molecule has 0 radical (unpaired) electrons. The van der Waals surface area contributed by atoms with Crippen LogP contribution in [-0.2, 0) is 10.5 Å². The van der Waals surface area contributed by atoms with Crippen LogP contribution in [0.4, 0.5) is 17.1 Å². The monoisotopic (exact) mass is 565 g/mol. The standard InChI is InChI=1S/C32H28ClN5O3/c33-25-13-18-29-28(19-25)32(24-9-5-2-6-10-24)36(21-30(39)35(29)20-22-11-12-22)31(23-7-3-1-4-8-23)34-37(32)26-14-16-27(17-15-26)38(40)41/h1-10,13-19,22,38,40H,11-12,20-21H2. The minimum absolute atomic E-state index is 0.00927. The van der Waals surface area contributed by atoms with E-state index in [1.807, 2.05) is 88.8 Å². The summed E-state index contributed by atoms with van der Waals surface area (Å²) < 4.78 is 0. The van der Waals surface area contributed by atoms with Crippen molar-refractivity contribution in [1.82, 2.24) is 4.90 Å². The predicted octanol–water partition coefficient (Wildman–Crippen LogP) is 4.89. The Bertz CT molecular complexity index is 1630. The number of carbonyl (C=O) groups is 1. The second-order valence-corrected chi connectivity index (χ2v) is 11.1. The summed E-state index contributed by atoms with van der Waals surface area (Å²) in [7, 11) is 0. The predicted molar refractivity (Wildman–Crippen MR) is 158 cm³/mol. The normalized spacial score (nSPS) is 20.8. The average Bonchev–Trinajstić information content (AvgIpc) is 3.78. The highest BCUT2D eigenvalue weighted by atomic mass is 35.5. The molecule has 1 fully saturated rings. The molecule has 4 aromatic rings. The third kappa shape index (κ3) is 4.27. The summed E-state index contributed by atoms with van der Waals surface area (Å²) in [4.78, 5) is 18.2. The molecule has 3 aliphatic rings. The third-order valence-electron chi connectivity index (χ3n) is 8.07. The van der Waals surface area contributed by atoms with Crippen molar-refractivity contribution < 1.29 is 15.2 Å². The van der Waals surface area contributed by atoms with Gasteiger partial charge in [0.05, 0.1) is 11.4 Å². The van der Waals surface area contributed by atoms with Crippen molar-refractivity contribution in [1.29, 1.82) is 0 Å². The van der Waals surface area contributed by atoms with Crippen LogP contribution in [0.25, 0.3) is 0 Å². The molecule has 0 spiro atoms. The van der Waals surface area contributed by atoms with Gasteiger partial charge in [0.25, 0.3) is 0 Å². The summed E-state index contributed by atoms with van der Waals surface area (Å²) >= 11 is 6.73. The summed E-state index contributed by atoms with van der Waals surface area (Å²) in [6.07, 6.45) is 2.22. The fourth-order valence-corrected chi connectivity index (χ4v) is 6.14. The molecule has 0 saturated heterocycles. The van der Waals surface area contributed by atoms with Gasteiger partial charge in [-0.1, -0.05) is 72.3 Å². The van der Waals surface area contributed by atoms with E-state index in [2.05, 4.69) is 4.90 Å². The number of amides is 1. The molecule has 41 heavy (non-hydrogen) atoms. The van der Waals surface area contributed by atoms with Gasteiger partial charge in [0.2, 0.25) is 5.91 Å². The van der Waals surface area contributed by atoms with E-state index >= 15 is 0 Å². The van der Waals surface area contributed by atoms with Crippen molar-refractivity contribution in [3.8, 4) is 0 Å². The van der Waals surface area contributed by atoms with Crippen molar-refractivity contribution in [3.63, 3.8) is 0 Å². The number of carbonyl (C=O) groups excluding carboxylic acids is 1. The lowest BCUT2D eigenvalue weighted by Crippen LogP contribution is -2.99. The van der Waals surface area contributed by atoms with Crippen LogP contribution in [-0.4, -0.2) is 34.9 Å². The Morgan fingerprint density at radius 2 is 1.63 bits per heavy atom. The van der Waals surface area contributed by atoms with Gasteiger partial charge in [-0.25, -0.2) is 10.2 Å². The summed E-state index contributed by atoms with van der Waals surface area (Å²) in [6, 6.07) is 32.3. The molecule has 2 heterocycles. The molecule has 9 heteroatoms. The van der Waals surface area contributed by atoms with E-state index in [0.29, 0.717) is 29.0 Å². The first kappa shape index (κ1) is 25.7. The molecule has 2 unspecified atom stereocenters. The number of rotatable bonds is 6. The second-order valence-electron chi connectivity index (χ2n) is 10.7. The van der Waals surface area contributed by atoms with Crippen LogP contribution >= 0.6 is 11.6 Å². The minimum atomic E-state index is -1.09.